The lowest BCUT2D eigenvalue weighted by atomic mass is 10.1. The van der Waals surface area contributed by atoms with Gasteiger partial charge in [-0.15, -0.1) is 0 Å². The van der Waals surface area contributed by atoms with E-state index in [9.17, 15) is 17.6 Å². The first kappa shape index (κ1) is 15.8. The fourth-order valence-electron chi connectivity index (χ4n) is 2.36. The van der Waals surface area contributed by atoms with E-state index in [1.54, 1.807) is 0 Å². The first-order chi connectivity index (χ1) is 9.93. The van der Waals surface area contributed by atoms with E-state index < -0.39 is 27.6 Å². The van der Waals surface area contributed by atoms with Gasteiger partial charge in [-0.25, -0.2) is 12.8 Å². The van der Waals surface area contributed by atoms with Crippen LogP contribution < -0.4 is 0 Å². The number of carbonyl (C=O) groups excluding carboxylic acids is 1. The number of hydrogen-bond donors (Lipinski definition) is 0. The van der Waals surface area contributed by atoms with Crippen molar-refractivity contribution in [1.29, 1.82) is 0 Å². The van der Waals surface area contributed by atoms with E-state index in [0.717, 1.165) is 12.3 Å². The molecule has 1 aromatic rings. The van der Waals surface area contributed by atoms with Crippen molar-refractivity contribution >= 4 is 15.7 Å². The van der Waals surface area contributed by atoms with Crippen LogP contribution in [0, 0.1) is 5.82 Å². The second-order valence-corrected chi connectivity index (χ2v) is 7.17. The Hall–Kier alpha value is -1.54. The first-order valence-electron chi connectivity index (χ1n) is 6.54. The number of sulfone groups is 1. The molecule has 0 aromatic carbocycles. The molecule has 116 valence electrons. The van der Waals surface area contributed by atoms with Gasteiger partial charge in [0.1, 0.15) is 5.82 Å². The Labute approximate surface area is 122 Å². The molecule has 6 nitrogen and oxygen atoms in total. The number of pyridine rings is 1. The SMILES string of the molecule is COCCN(C(=O)c1cncc(F)c1)C1CCS(=O)(=O)C1. The highest BCUT2D eigenvalue weighted by molar-refractivity contribution is 7.91. The van der Waals surface area contributed by atoms with E-state index in [0.29, 0.717) is 6.42 Å². The monoisotopic (exact) mass is 316 g/mol. The number of aromatic nitrogens is 1. The highest BCUT2D eigenvalue weighted by Gasteiger charge is 2.34. The van der Waals surface area contributed by atoms with Crippen molar-refractivity contribution in [3.63, 3.8) is 0 Å². The molecular formula is C13H17FN2O4S. The Bertz CT molecular complexity index is 620. The molecule has 0 bridgehead atoms. The second kappa shape index (κ2) is 6.48. The Kier molecular flexibility index (Phi) is 4.89. The maximum atomic E-state index is 13.2. The van der Waals surface area contributed by atoms with Crippen LogP contribution in [0.2, 0.25) is 0 Å². The lowest BCUT2D eigenvalue weighted by Crippen LogP contribution is -2.43. The average Bonchev–Trinajstić information content (AvgIpc) is 2.79. The number of nitrogens with zero attached hydrogens (tertiary/aromatic N) is 2. The molecule has 2 heterocycles. The van der Waals surface area contributed by atoms with Crippen LogP contribution in [0.4, 0.5) is 4.39 Å². The van der Waals surface area contributed by atoms with Crippen LogP contribution in [-0.4, -0.2) is 62.0 Å². The van der Waals surface area contributed by atoms with Crippen LogP contribution in [-0.2, 0) is 14.6 Å². The standard InChI is InChI=1S/C13H17FN2O4S/c1-20-4-3-16(12-2-5-21(18,19)9-12)13(17)10-6-11(14)8-15-7-10/h6-8,12H,2-5,9H2,1H3. The third-order valence-electron chi connectivity index (χ3n) is 3.40. The van der Waals surface area contributed by atoms with E-state index >= 15 is 0 Å². The number of methoxy groups -OCH3 is 1. The van der Waals surface area contributed by atoms with Crippen molar-refractivity contribution in [3.05, 3.63) is 29.8 Å². The van der Waals surface area contributed by atoms with Crippen LogP contribution in [0.5, 0.6) is 0 Å². The molecule has 0 aliphatic carbocycles. The van der Waals surface area contributed by atoms with Crippen LogP contribution in [0.3, 0.4) is 0 Å². The molecule has 1 aliphatic rings. The quantitative estimate of drug-likeness (QED) is 0.790. The summed E-state index contributed by atoms with van der Waals surface area (Å²) < 4.78 is 41.3. The molecule has 0 N–H and O–H groups in total. The Morgan fingerprint density at radius 2 is 2.29 bits per heavy atom. The Balaban J connectivity index is 2.21. The van der Waals surface area contributed by atoms with Crippen molar-refractivity contribution in [1.82, 2.24) is 9.88 Å². The number of amides is 1. The molecule has 0 saturated carbocycles. The molecule has 1 aliphatic heterocycles. The summed E-state index contributed by atoms with van der Waals surface area (Å²) in [6.45, 7) is 0.539. The molecule has 1 saturated heterocycles. The molecule has 8 heteroatoms. The third-order valence-corrected chi connectivity index (χ3v) is 5.15. The number of ether oxygens (including phenoxy) is 1. The lowest BCUT2D eigenvalue weighted by Gasteiger charge is -2.28. The summed E-state index contributed by atoms with van der Waals surface area (Å²) in [4.78, 5) is 17.6. The van der Waals surface area contributed by atoms with Crippen molar-refractivity contribution in [2.24, 2.45) is 0 Å². The maximum Gasteiger partial charge on any atom is 0.255 e. The van der Waals surface area contributed by atoms with Gasteiger partial charge in [-0.05, 0) is 12.5 Å². The van der Waals surface area contributed by atoms with Crippen molar-refractivity contribution < 1.29 is 22.3 Å². The molecule has 1 atom stereocenters. The largest absolute Gasteiger partial charge is 0.383 e. The molecule has 1 unspecified atom stereocenters. The van der Waals surface area contributed by atoms with Gasteiger partial charge >= 0.3 is 0 Å². The Morgan fingerprint density at radius 3 is 2.86 bits per heavy atom. The van der Waals surface area contributed by atoms with E-state index in [2.05, 4.69) is 4.98 Å². The van der Waals surface area contributed by atoms with Gasteiger partial charge in [0.05, 0.1) is 29.9 Å². The van der Waals surface area contributed by atoms with Crippen LogP contribution in [0.1, 0.15) is 16.8 Å². The summed E-state index contributed by atoms with van der Waals surface area (Å²) >= 11 is 0. The minimum Gasteiger partial charge on any atom is -0.383 e. The van der Waals surface area contributed by atoms with Crippen LogP contribution in [0.25, 0.3) is 0 Å². The molecule has 1 fully saturated rings. The van der Waals surface area contributed by atoms with Crippen LogP contribution >= 0.6 is 0 Å². The van der Waals surface area contributed by atoms with E-state index in [1.165, 1.54) is 18.2 Å². The summed E-state index contributed by atoms with van der Waals surface area (Å²) in [6.07, 6.45) is 2.67. The lowest BCUT2D eigenvalue weighted by molar-refractivity contribution is 0.0623. The maximum absolute atomic E-state index is 13.2. The van der Waals surface area contributed by atoms with Gasteiger partial charge in [0.25, 0.3) is 5.91 Å². The van der Waals surface area contributed by atoms with Crippen molar-refractivity contribution in [2.75, 3.05) is 31.8 Å². The molecule has 1 aromatic heterocycles. The summed E-state index contributed by atoms with van der Waals surface area (Å²) in [5, 5.41) is 0. The van der Waals surface area contributed by atoms with Crippen LogP contribution in [0.15, 0.2) is 18.5 Å². The predicted molar refractivity (Wildman–Crippen MR) is 74.2 cm³/mol. The topological polar surface area (TPSA) is 76.6 Å². The minimum absolute atomic E-state index is 0.0643. The zero-order chi connectivity index (χ0) is 15.5. The summed E-state index contributed by atoms with van der Waals surface area (Å²) in [5.74, 6) is -1.03. The highest BCUT2D eigenvalue weighted by atomic mass is 32.2. The van der Waals surface area contributed by atoms with E-state index in [1.807, 2.05) is 0 Å². The highest BCUT2D eigenvalue weighted by Crippen LogP contribution is 2.20. The number of rotatable bonds is 5. The molecule has 1 amide bonds. The number of hydrogen-bond acceptors (Lipinski definition) is 5. The van der Waals surface area contributed by atoms with Gasteiger partial charge in [-0.1, -0.05) is 0 Å². The van der Waals surface area contributed by atoms with Crippen molar-refractivity contribution in [2.45, 2.75) is 12.5 Å². The number of halogens is 1. The van der Waals surface area contributed by atoms with Gasteiger partial charge < -0.3 is 9.64 Å². The molecule has 21 heavy (non-hydrogen) atoms. The minimum atomic E-state index is -3.11. The summed E-state index contributed by atoms with van der Waals surface area (Å²) in [6, 6.07) is 0.694. The van der Waals surface area contributed by atoms with E-state index in [-0.39, 0.29) is 30.2 Å². The summed E-state index contributed by atoms with van der Waals surface area (Å²) in [7, 11) is -1.62. The van der Waals surface area contributed by atoms with Gasteiger partial charge in [-0.3, -0.25) is 9.78 Å². The van der Waals surface area contributed by atoms with Crippen molar-refractivity contribution in [3.8, 4) is 0 Å². The summed E-state index contributed by atoms with van der Waals surface area (Å²) in [5.41, 5.74) is 0.107. The second-order valence-electron chi connectivity index (χ2n) is 4.94. The van der Waals surface area contributed by atoms with Gasteiger partial charge in [0.2, 0.25) is 0 Å². The molecular weight excluding hydrogens is 299 g/mol. The molecule has 0 radical (unpaired) electrons. The zero-order valence-electron chi connectivity index (χ0n) is 11.7. The Morgan fingerprint density at radius 1 is 1.52 bits per heavy atom. The number of carbonyl (C=O) groups is 1. The average molecular weight is 316 g/mol. The fourth-order valence-corrected chi connectivity index (χ4v) is 4.09. The first-order valence-corrected chi connectivity index (χ1v) is 8.36. The third kappa shape index (κ3) is 3.98. The smallest absolute Gasteiger partial charge is 0.255 e. The fraction of sp³-hybridized carbons (Fsp3) is 0.538. The predicted octanol–water partition coefficient (Wildman–Crippen LogP) is 0.496. The van der Waals surface area contributed by atoms with Gasteiger partial charge in [0, 0.05) is 25.9 Å². The normalized spacial score (nSPS) is 20.4. The van der Waals surface area contributed by atoms with Gasteiger partial charge in [-0.2, -0.15) is 0 Å². The van der Waals surface area contributed by atoms with E-state index in [4.69, 9.17) is 4.74 Å². The molecule has 2 rings (SSSR count). The van der Waals surface area contributed by atoms with Gasteiger partial charge in [0.15, 0.2) is 9.84 Å². The zero-order valence-corrected chi connectivity index (χ0v) is 12.5. The molecule has 0 spiro atoms.